The second-order valence-corrected chi connectivity index (χ2v) is 4.79. The monoisotopic (exact) mass is 316 g/mol. The minimum absolute atomic E-state index is 0.0749. The van der Waals surface area contributed by atoms with E-state index < -0.39 is 11.0 Å². The molecule has 0 radical (unpaired) electrons. The quantitative estimate of drug-likeness (QED) is 0.674. The summed E-state index contributed by atoms with van der Waals surface area (Å²) in [5.41, 5.74) is -0.178. The van der Waals surface area contributed by atoms with E-state index in [9.17, 15) is 14.9 Å². The molecule has 1 aromatic heterocycles. The van der Waals surface area contributed by atoms with Gasteiger partial charge in [-0.25, -0.2) is 4.98 Å². The molecule has 1 N–H and O–H groups in total. The Morgan fingerprint density at radius 1 is 1.61 bits per heavy atom. The van der Waals surface area contributed by atoms with Gasteiger partial charge in [0.05, 0.1) is 4.92 Å². The van der Waals surface area contributed by atoms with Crippen LogP contribution < -0.4 is 5.32 Å². The van der Waals surface area contributed by atoms with Crippen molar-refractivity contribution in [3.05, 3.63) is 26.9 Å². The van der Waals surface area contributed by atoms with Crippen LogP contribution in [-0.2, 0) is 4.79 Å². The Labute approximate surface area is 112 Å². The Balaban J connectivity index is 2.97. The fourth-order valence-corrected chi connectivity index (χ4v) is 1.65. The Bertz CT molecular complexity index is 478. The van der Waals surface area contributed by atoms with Crippen molar-refractivity contribution < 1.29 is 9.72 Å². The van der Waals surface area contributed by atoms with Crippen molar-refractivity contribution in [2.75, 3.05) is 19.4 Å². The van der Waals surface area contributed by atoms with Gasteiger partial charge in [0.25, 0.3) is 0 Å². The maximum atomic E-state index is 11.7. The molecule has 0 aliphatic heterocycles. The summed E-state index contributed by atoms with van der Waals surface area (Å²) in [5, 5.41) is 13.6. The van der Waals surface area contributed by atoms with Gasteiger partial charge in [-0.3, -0.25) is 14.9 Å². The molecule has 0 saturated carbocycles. The van der Waals surface area contributed by atoms with Gasteiger partial charge in [-0.15, -0.1) is 0 Å². The maximum absolute atomic E-state index is 11.7. The molecule has 8 heteroatoms. The third kappa shape index (κ3) is 3.39. The molecule has 0 aliphatic carbocycles. The summed E-state index contributed by atoms with van der Waals surface area (Å²) in [4.78, 5) is 27.3. The molecule has 0 fully saturated rings. The van der Waals surface area contributed by atoms with Crippen molar-refractivity contribution in [3.63, 3.8) is 0 Å². The normalized spacial score (nSPS) is 11.8. The van der Waals surface area contributed by atoms with Crippen LogP contribution in [0, 0.1) is 10.1 Å². The minimum Gasteiger partial charge on any atom is -0.353 e. The van der Waals surface area contributed by atoms with Gasteiger partial charge in [-0.05, 0) is 22.9 Å². The lowest BCUT2D eigenvalue weighted by Crippen LogP contribution is -2.37. The van der Waals surface area contributed by atoms with Crippen LogP contribution in [0.5, 0.6) is 0 Å². The molecular formula is C10H13BrN4O3. The van der Waals surface area contributed by atoms with E-state index in [0.717, 1.165) is 0 Å². The van der Waals surface area contributed by atoms with E-state index in [1.54, 1.807) is 21.0 Å². The maximum Gasteiger partial charge on any atom is 0.312 e. The zero-order valence-electron chi connectivity index (χ0n) is 10.2. The molecule has 1 rings (SSSR count). The van der Waals surface area contributed by atoms with Gasteiger partial charge in [-0.1, -0.05) is 0 Å². The van der Waals surface area contributed by atoms with E-state index in [1.165, 1.54) is 17.2 Å². The summed E-state index contributed by atoms with van der Waals surface area (Å²) in [6, 6.07) is 0.745. The molecular weight excluding hydrogens is 304 g/mol. The van der Waals surface area contributed by atoms with Crippen molar-refractivity contribution in [1.82, 2.24) is 9.88 Å². The van der Waals surface area contributed by atoms with Crippen LogP contribution in [0.4, 0.5) is 11.5 Å². The van der Waals surface area contributed by atoms with Crippen LogP contribution in [0.15, 0.2) is 16.7 Å². The lowest BCUT2D eigenvalue weighted by atomic mass is 10.3. The highest BCUT2D eigenvalue weighted by Crippen LogP contribution is 2.25. The number of amides is 1. The summed E-state index contributed by atoms with van der Waals surface area (Å²) in [6.07, 6.45) is 1.43. The number of carbonyl (C=O) groups excluding carboxylic acids is 1. The van der Waals surface area contributed by atoms with Crippen LogP contribution in [0.25, 0.3) is 0 Å². The average molecular weight is 317 g/mol. The zero-order valence-corrected chi connectivity index (χ0v) is 11.8. The Morgan fingerprint density at radius 3 is 2.72 bits per heavy atom. The second-order valence-electron chi connectivity index (χ2n) is 3.88. The van der Waals surface area contributed by atoms with Crippen LogP contribution in [0.2, 0.25) is 0 Å². The molecule has 1 atom stereocenters. The van der Waals surface area contributed by atoms with Crippen molar-refractivity contribution >= 4 is 33.3 Å². The number of nitrogens with zero attached hydrogens (tertiary/aromatic N) is 3. The summed E-state index contributed by atoms with van der Waals surface area (Å²) < 4.78 is 0.506. The number of anilines is 1. The fraction of sp³-hybridized carbons (Fsp3) is 0.400. The van der Waals surface area contributed by atoms with Crippen molar-refractivity contribution in [1.29, 1.82) is 0 Å². The van der Waals surface area contributed by atoms with Crippen LogP contribution in [0.3, 0.4) is 0 Å². The average Bonchev–Trinajstić information content (AvgIpc) is 2.29. The summed E-state index contributed by atoms with van der Waals surface area (Å²) in [6.45, 7) is 1.62. The number of rotatable bonds is 4. The molecule has 18 heavy (non-hydrogen) atoms. The van der Waals surface area contributed by atoms with Crippen LogP contribution in [-0.4, -0.2) is 40.9 Å². The van der Waals surface area contributed by atoms with E-state index in [-0.39, 0.29) is 17.4 Å². The molecule has 0 aromatic carbocycles. The van der Waals surface area contributed by atoms with E-state index >= 15 is 0 Å². The van der Waals surface area contributed by atoms with Crippen molar-refractivity contribution in [3.8, 4) is 0 Å². The zero-order chi connectivity index (χ0) is 13.9. The van der Waals surface area contributed by atoms with Gasteiger partial charge in [0.1, 0.15) is 6.04 Å². The summed E-state index contributed by atoms with van der Waals surface area (Å²) in [7, 11) is 3.23. The molecule has 1 heterocycles. The van der Waals surface area contributed by atoms with Gasteiger partial charge in [0.2, 0.25) is 11.7 Å². The number of nitro groups is 1. The molecule has 0 bridgehead atoms. The first kappa shape index (κ1) is 14.4. The fourth-order valence-electron chi connectivity index (χ4n) is 1.33. The lowest BCUT2D eigenvalue weighted by Gasteiger charge is -2.18. The van der Waals surface area contributed by atoms with Crippen molar-refractivity contribution in [2.24, 2.45) is 0 Å². The molecule has 0 spiro atoms. The van der Waals surface area contributed by atoms with Gasteiger partial charge in [0, 0.05) is 30.8 Å². The SMILES string of the molecule is CC(Nc1ncc(Br)cc1[N+](=O)[O-])C(=O)N(C)C. The standard InChI is InChI=1S/C10H13BrN4O3/c1-6(10(16)14(2)3)13-9-8(15(17)18)4-7(11)5-12-9/h4-6H,1-3H3,(H,12,13). The molecule has 0 saturated heterocycles. The highest BCUT2D eigenvalue weighted by atomic mass is 79.9. The molecule has 0 aliphatic rings. The molecule has 7 nitrogen and oxygen atoms in total. The van der Waals surface area contributed by atoms with E-state index in [4.69, 9.17) is 0 Å². The lowest BCUT2D eigenvalue weighted by molar-refractivity contribution is -0.384. The molecule has 1 amide bonds. The number of carbonyl (C=O) groups is 1. The smallest absolute Gasteiger partial charge is 0.312 e. The number of likely N-dealkylation sites (N-methyl/N-ethyl adjacent to an activating group) is 1. The van der Waals surface area contributed by atoms with E-state index in [2.05, 4.69) is 26.2 Å². The summed E-state index contributed by atoms with van der Waals surface area (Å²) in [5.74, 6) is -0.111. The van der Waals surface area contributed by atoms with Gasteiger partial charge in [0.15, 0.2) is 0 Å². The third-order valence-corrected chi connectivity index (χ3v) is 2.63. The third-order valence-electron chi connectivity index (χ3n) is 2.20. The highest BCUT2D eigenvalue weighted by Gasteiger charge is 2.21. The number of hydrogen-bond acceptors (Lipinski definition) is 5. The van der Waals surface area contributed by atoms with Crippen LogP contribution in [0.1, 0.15) is 6.92 Å². The molecule has 1 unspecified atom stereocenters. The number of nitrogens with one attached hydrogen (secondary N) is 1. The molecule has 1 aromatic rings. The van der Waals surface area contributed by atoms with E-state index in [1.807, 2.05) is 0 Å². The Morgan fingerprint density at radius 2 is 2.22 bits per heavy atom. The number of halogens is 1. The number of aromatic nitrogens is 1. The van der Waals surface area contributed by atoms with Crippen molar-refractivity contribution in [2.45, 2.75) is 13.0 Å². The largest absolute Gasteiger partial charge is 0.353 e. The minimum atomic E-state index is -0.590. The number of pyridine rings is 1. The predicted octanol–water partition coefficient (Wildman–Crippen LogP) is 1.64. The molecule has 98 valence electrons. The first-order valence-electron chi connectivity index (χ1n) is 5.10. The predicted molar refractivity (Wildman–Crippen MR) is 70.4 cm³/mol. The second kappa shape index (κ2) is 5.76. The van der Waals surface area contributed by atoms with Gasteiger partial charge < -0.3 is 10.2 Å². The topological polar surface area (TPSA) is 88.4 Å². The van der Waals surface area contributed by atoms with Crippen LogP contribution >= 0.6 is 15.9 Å². The highest BCUT2D eigenvalue weighted by molar-refractivity contribution is 9.10. The first-order valence-corrected chi connectivity index (χ1v) is 5.90. The van der Waals surface area contributed by atoms with E-state index in [0.29, 0.717) is 4.47 Å². The Kier molecular flexibility index (Phi) is 4.60. The van der Waals surface area contributed by atoms with Gasteiger partial charge >= 0.3 is 5.69 Å². The Hall–Kier alpha value is -1.70. The summed E-state index contributed by atoms with van der Waals surface area (Å²) >= 11 is 3.11. The van der Waals surface area contributed by atoms with Gasteiger partial charge in [-0.2, -0.15) is 0 Å². The first-order chi connectivity index (χ1) is 8.32. The number of hydrogen-bond donors (Lipinski definition) is 1.